The van der Waals surface area contributed by atoms with Crippen LogP contribution in [0.3, 0.4) is 0 Å². The van der Waals surface area contributed by atoms with E-state index >= 15 is 0 Å². The van der Waals surface area contributed by atoms with Gasteiger partial charge in [-0.25, -0.2) is 4.79 Å². The van der Waals surface area contributed by atoms with Crippen molar-refractivity contribution in [2.75, 3.05) is 46.8 Å². The highest BCUT2D eigenvalue weighted by Crippen LogP contribution is 2.39. The van der Waals surface area contributed by atoms with Crippen molar-refractivity contribution >= 4 is 23.8 Å². The molecule has 1 atom stereocenters. The standard InChI is InChI=1S/C15H22N4O4/c1-16-6-3-4-15(13(16)22)5-7-18(10-15)11(20)9-19-12(21)8-17(2)14(19)23/h3-10H2,1-2H3. The van der Waals surface area contributed by atoms with E-state index in [2.05, 4.69) is 0 Å². The lowest BCUT2D eigenvalue weighted by Gasteiger charge is -2.37. The van der Waals surface area contributed by atoms with Gasteiger partial charge in [0.05, 0.1) is 5.41 Å². The van der Waals surface area contributed by atoms with Gasteiger partial charge >= 0.3 is 6.03 Å². The summed E-state index contributed by atoms with van der Waals surface area (Å²) in [5.41, 5.74) is -0.474. The van der Waals surface area contributed by atoms with Crippen molar-refractivity contribution in [3.8, 4) is 0 Å². The van der Waals surface area contributed by atoms with Crippen LogP contribution >= 0.6 is 0 Å². The lowest BCUT2D eigenvalue weighted by atomic mass is 9.78. The number of rotatable bonds is 2. The van der Waals surface area contributed by atoms with Gasteiger partial charge < -0.3 is 14.7 Å². The Morgan fingerprint density at radius 2 is 1.83 bits per heavy atom. The topological polar surface area (TPSA) is 81.2 Å². The van der Waals surface area contributed by atoms with Gasteiger partial charge in [0.15, 0.2) is 0 Å². The Hall–Kier alpha value is -2.12. The van der Waals surface area contributed by atoms with Gasteiger partial charge in [-0.3, -0.25) is 19.3 Å². The maximum Gasteiger partial charge on any atom is 0.327 e. The maximum absolute atomic E-state index is 12.5. The average molecular weight is 322 g/mol. The summed E-state index contributed by atoms with van der Waals surface area (Å²) in [5.74, 6) is -0.514. The number of urea groups is 1. The Kier molecular flexibility index (Phi) is 3.77. The van der Waals surface area contributed by atoms with Gasteiger partial charge in [-0.1, -0.05) is 0 Å². The van der Waals surface area contributed by atoms with Crippen LogP contribution in [0, 0.1) is 5.41 Å². The molecule has 0 radical (unpaired) electrons. The van der Waals surface area contributed by atoms with Crippen LogP contribution in [0.25, 0.3) is 0 Å². The van der Waals surface area contributed by atoms with E-state index in [-0.39, 0.29) is 30.8 Å². The molecule has 3 fully saturated rings. The van der Waals surface area contributed by atoms with Crippen molar-refractivity contribution in [3.63, 3.8) is 0 Å². The summed E-state index contributed by atoms with van der Waals surface area (Å²) in [7, 11) is 3.33. The van der Waals surface area contributed by atoms with Gasteiger partial charge in [0.1, 0.15) is 13.1 Å². The summed E-state index contributed by atoms with van der Waals surface area (Å²) in [6.45, 7) is 1.44. The molecule has 3 heterocycles. The Balaban J connectivity index is 1.65. The first-order chi connectivity index (χ1) is 10.8. The van der Waals surface area contributed by atoms with Crippen LogP contribution in [0.5, 0.6) is 0 Å². The molecular weight excluding hydrogens is 300 g/mol. The molecule has 126 valence electrons. The number of hydrogen-bond acceptors (Lipinski definition) is 4. The number of imide groups is 1. The molecule has 1 spiro atoms. The first-order valence-electron chi connectivity index (χ1n) is 7.93. The van der Waals surface area contributed by atoms with Crippen LogP contribution in [0.2, 0.25) is 0 Å². The zero-order valence-electron chi connectivity index (χ0n) is 13.6. The summed E-state index contributed by atoms with van der Waals surface area (Å²) in [4.78, 5) is 54.2. The minimum Gasteiger partial charge on any atom is -0.345 e. The number of hydrogen-bond donors (Lipinski definition) is 0. The molecular formula is C15H22N4O4. The Bertz CT molecular complexity index is 578. The predicted molar refractivity (Wildman–Crippen MR) is 80.2 cm³/mol. The van der Waals surface area contributed by atoms with Crippen LogP contribution in [0.1, 0.15) is 19.3 Å². The monoisotopic (exact) mass is 322 g/mol. The van der Waals surface area contributed by atoms with Gasteiger partial charge in [-0.05, 0) is 19.3 Å². The van der Waals surface area contributed by atoms with E-state index in [1.807, 2.05) is 0 Å². The van der Waals surface area contributed by atoms with E-state index in [1.54, 1.807) is 16.8 Å². The van der Waals surface area contributed by atoms with E-state index in [9.17, 15) is 19.2 Å². The minimum atomic E-state index is -0.474. The molecule has 1 unspecified atom stereocenters. The Morgan fingerprint density at radius 1 is 1.09 bits per heavy atom. The van der Waals surface area contributed by atoms with E-state index in [4.69, 9.17) is 0 Å². The number of nitrogens with zero attached hydrogens (tertiary/aromatic N) is 4. The first-order valence-corrected chi connectivity index (χ1v) is 7.93. The van der Waals surface area contributed by atoms with Crippen molar-refractivity contribution in [3.05, 3.63) is 0 Å². The smallest absolute Gasteiger partial charge is 0.327 e. The summed E-state index contributed by atoms with van der Waals surface area (Å²) in [6.07, 6.45) is 2.39. The summed E-state index contributed by atoms with van der Waals surface area (Å²) in [5, 5.41) is 0. The molecule has 8 nitrogen and oxygen atoms in total. The molecule has 0 aromatic rings. The Morgan fingerprint density at radius 3 is 2.48 bits per heavy atom. The van der Waals surface area contributed by atoms with Crippen LogP contribution < -0.4 is 0 Å². The van der Waals surface area contributed by atoms with E-state index in [1.165, 1.54) is 11.9 Å². The van der Waals surface area contributed by atoms with Gasteiger partial charge in [-0.2, -0.15) is 0 Å². The molecule has 3 aliphatic rings. The Labute approximate surface area is 135 Å². The average Bonchev–Trinajstić information content (AvgIpc) is 3.03. The normalized spacial score (nSPS) is 28.5. The molecule has 3 saturated heterocycles. The lowest BCUT2D eigenvalue weighted by Crippen LogP contribution is -2.49. The van der Waals surface area contributed by atoms with Crippen molar-refractivity contribution in [2.45, 2.75) is 19.3 Å². The largest absolute Gasteiger partial charge is 0.345 e. The molecule has 5 amide bonds. The highest BCUT2D eigenvalue weighted by molar-refractivity contribution is 6.04. The van der Waals surface area contributed by atoms with Gasteiger partial charge in [0, 0.05) is 33.7 Å². The minimum absolute atomic E-state index is 0.0132. The number of carbonyl (C=O) groups excluding carboxylic acids is 4. The van der Waals surface area contributed by atoms with Crippen molar-refractivity contribution in [1.29, 1.82) is 0 Å². The second kappa shape index (κ2) is 5.50. The number of likely N-dealkylation sites (tertiary alicyclic amines) is 2. The van der Waals surface area contributed by atoms with E-state index in [0.29, 0.717) is 19.5 Å². The summed E-state index contributed by atoms with van der Waals surface area (Å²) < 4.78 is 0. The third-order valence-electron chi connectivity index (χ3n) is 5.18. The molecule has 23 heavy (non-hydrogen) atoms. The SMILES string of the molecule is CN1CC(=O)N(CC(=O)N2CCC3(CCCN(C)C3=O)C2)C1=O. The fourth-order valence-corrected chi connectivity index (χ4v) is 3.79. The van der Waals surface area contributed by atoms with E-state index in [0.717, 1.165) is 24.3 Å². The van der Waals surface area contributed by atoms with Crippen LogP contribution in [0.15, 0.2) is 0 Å². The third kappa shape index (κ3) is 2.55. The highest BCUT2D eigenvalue weighted by atomic mass is 16.2. The highest BCUT2D eigenvalue weighted by Gasteiger charge is 2.49. The van der Waals surface area contributed by atoms with Gasteiger partial charge in [0.2, 0.25) is 11.8 Å². The van der Waals surface area contributed by atoms with Gasteiger partial charge in [-0.15, -0.1) is 0 Å². The third-order valence-corrected chi connectivity index (χ3v) is 5.18. The molecule has 3 rings (SSSR count). The summed E-state index contributed by atoms with van der Waals surface area (Å²) >= 11 is 0. The maximum atomic E-state index is 12.5. The molecule has 0 bridgehead atoms. The molecule has 8 heteroatoms. The zero-order chi connectivity index (χ0) is 16.8. The van der Waals surface area contributed by atoms with Crippen LogP contribution in [-0.2, 0) is 14.4 Å². The molecule has 0 aliphatic carbocycles. The number of amides is 5. The lowest BCUT2D eigenvalue weighted by molar-refractivity contribution is -0.145. The second-order valence-electron chi connectivity index (χ2n) is 6.79. The molecule has 0 aromatic carbocycles. The number of likely N-dealkylation sites (N-methyl/N-ethyl adjacent to an activating group) is 1. The fraction of sp³-hybridized carbons (Fsp3) is 0.733. The fourth-order valence-electron chi connectivity index (χ4n) is 3.79. The predicted octanol–water partition coefficient (Wildman–Crippen LogP) is -0.649. The molecule has 0 saturated carbocycles. The number of piperidine rings is 1. The first kappa shape index (κ1) is 15.8. The molecule has 3 aliphatic heterocycles. The van der Waals surface area contributed by atoms with E-state index < -0.39 is 11.4 Å². The molecule has 0 aromatic heterocycles. The zero-order valence-corrected chi connectivity index (χ0v) is 13.6. The molecule has 0 N–H and O–H groups in total. The van der Waals surface area contributed by atoms with Crippen LogP contribution in [0.4, 0.5) is 4.79 Å². The summed E-state index contributed by atoms with van der Waals surface area (Å²) in [6, 6.07) is -0.439. The van der Waals surface area contributed by atoms with Crippen molar-refractivity contribution in [1.82, 2.24) is 19.6 Å². The quantitative estimate of drug-likeness (QED) is 0.633. The van der Waals surface area contributed by atoms with Crippen molar-refractivity contribution < 1.29 is 19.2 Å². The van der Waals surface area contributed by atoms with Gasteiger partial charge in [0.25, 0.3) is 5.91 Å². The second-order valence-corrected chi connectivity index (χ2v) is 6.79. The van der Waals surface area contributed by atoms with Crippen molar-refractivity contribution in [2.24, 2.45) is 5.41 Å². The van der Waals surface area contributed by atoms with Crippen LogP contribution in [-0.4, -0.2) is 90.2 Å². The number of carbonyl (C=O) groups is 4.